The number of hydrogen-bond acceptors (Lipinski definition) is 2. The van der Waals surface area contributed by atoms with E-state index in [0.29, 0.717) is 6.42 Å². The van der Waals surface area contributed by atoms with E-state index in [-0.39, 0.29) is 5.92 Å². The molecule has 0 aliphatic rings. The standard InChI is InChI=1S/C14H11IN2/c15-14-5-3-12(4-6-14)13(9-16)8-11-2-1-7-17-10-11/h1-7,10,13H,8H2. The molecule has 1 atom stereocenters. The van der Waals surface area contributed by atoms with E-state index in [4.69, 9.17) is 0 Å². The van der Waals surface area contributed by atoms with Gasteiger partial charge in [-0.15, -0.1) is 0 Å². The van der Waals surface area contributed by atoms with E-state index in [9.17, 15) is 5.26 Å². The molecule has 0 aliphatic carbocycles. The molecule has 0 saturated heterocycles. The van der Waals surface area contributed by atoms with Crippen LogP contribution >= 0.6 is 22.6 Å². The molecular weight excluding hydrogens is 323 g/mol. The Hall–Kier alpha value is -1.41. The van der Waals surface area contributed by atoms with Crippen LogP contribution in [0.1, 0.15) is 17.0 Å². The average molecular weight is 334 g/mol. The Bertz CT molecular complexity index is 514. The molecule has 3 heteroatoms. The molecule has 0 N–H and O–H groups in total. The van der Waals surface area contributed by atoms with E-state index < -0.39 is 0 Å². The Morgan fingerprint density at radius 2 is 2.00 bits per heavy atom. The molecule has 0 bridgehead atoms. The maximum Gasteiger partial charge on any atom is 0.0753 e. The van der Waals surface area contributed by atoms with Gasteiger partial charge >= 0.3 is 0 Å². The summed E-state index contributed by atoms with van der Waals surface area (Å²) in [5, 5.41) is 9.24. The average Bonchev–Trinajstić information content (AvgIpc) is 2.38. The van der Waals surface area contributed by atoms with Crippen LogP contribution in [0.25, 0.3) is 0 Å². The highest BCUT2D eigenvalue weighted by Crippen LogP contribution is 2.20. The fraction of sp³-hybridized carbons (Fsp3) is 0.143. The molecule has 17 heavy (non-hydrogen) atoms. The van der Waals surface area contributed by atoms with Gasteiger partial charge in [-0.2, -0.15) is 5.26 Å². The molecule has 0 fully saturated rings. The molecule has 1 aromatic heterocycles. The van der Waals surface area contributed by atoms with Gasteiger partial charge < -0.3 is 0 Å². The van der Waals surface area contributed by atoms with Crippen molar-refractivity contribution in [3.63, 3.8) is 0 Å². The first kappa shape index (κ1) is 12.1. The minimum absolute atomic E-state index is 0.101. The molecular formula is C14H11IN2. The molecule has 0 radical (unpaired) electrons. The molecule has 0 aliphatic heterocycles. The number of nitrogens with zero attached hydrogens (tertiary/aromatic N) is 2. The highest BCUT2D eigenvalue weighted by atomic mass is 127. The van der Waals surface area contributed by atoms with Crippen molar-refractivity contribution in [3.05, 3.63) is 63.5 Å². The van der Waals surface area contributed by atoms with Crippen molar-refractivity contribution < 1.29 is 0 Å². The second-order valence-electron chi connectivity index (χ2n) is 3.80. The van der Waals surface area contributed by atoms with Crippen LogP contribution in [-0.4, -0.2) is 4.98 Å². The van der Waals surface area contributed by atoms with Crippen LogP contribution in [0.2, 0.25) is 0 Å². The number of aromatic nitrogens is 1. The lowest BCUT2D eigenvalue weighted by Crippen LogP contribution is -2.00. The molecule has 2 rings (SSSR count). The van der Waals surface area contributed by atoms with E-state index in [1.165, 1.54) is 3.57 Å². The van der Waals surface area contributed by atoms with Gasteiger partial charge in [0, 0.05) is 16.0 Å². The van der Waals surface area contributed by atoms with Gasteiger partial charge in [-0.3, -0.25) is 4.98 Å². The summed E-state index contributed by atoms with van der Waals surface area (Å²) in [4.78, 5) is 4.07. The summed E-state index contributed by atoms with van der Waals surface area (Å²) >= 11 is 2.26. The lowest BCUT2D eigenvalue weighted by molar-refractivity contribution is 0.844. The van der Waals surface area contributed by atoms with Gasteiger partial charge in [0.1, 0.15) is 0 Å². The van der Waals surface area contributed by atoms with Crippen molar-refractivity contribution in [2.24, 2.45) is 0 Å². The lowest BCUT2D eigenvalue weighted by atomic mass is 9.94. The third kappa shape index (κ3) is 3.27. The first-order valence-electron chi connectivity index (χ1n) is 5.33. The maximum atomic E-state index is 9.24. The number of nitriles is 1. The fourth-order valence-electron chi connectivity index (χ4n) is 1.69. The topological polar surface area (TPSA) is 36.7 Å². The second kappa shape index (κ2) is 5.78. The number of pyridine rings is 1. The lowest BCUT2D eigenvalue weighted by Gasteiger charge is -2.09. The van der Waals surface area contributed by atoms with Crippen LogP contribution in [-0.2, 0) is 6.42 Å². The van der Waals surface area contributed by atoms with Gasteiger partial charge in [-0.1, -0.05) is 18.2 Å². The molecule has 1 aromatic carbocycles. The largest absolute Gasteiger partial charge is 0.264 e. The molecule has 0 spiro atoms. The molecule has 0 amide bonds. The normalized spacial score (nSPS) is 11.8. The summed E-state index contributed by atoms with van der Waals surface area (Å²) < 4.78 is 1.18. The molecule has 2 aromatic rings. The van der Waals surface area contributed by atoms with Gasteiger partial charge in [0.05, 0.1) is 12.0 Å². The van der Waals surface area contributed by atoms with Crippen LogP contribution in [0.3, 0.4) is 0 Å². The Balaban J connectivity index is 2.18. The monoisotopic (exact) mass is 334 g/mol. The zero-order valence-corrected chi connectivity index (χ0v) is 11.3. The molecule has 0 saturated carbocycles. The number of halogens is 1. The molecule has 84 valence electrons. The van der Waals surface area contributed by atoms with Crippen molar-refractivity contribution in [2.45, 2.75) is 12.3 Å². The fourth-order valence-corrected chi connectivity index (χ4v) is 2.05. The number of rotatable bonds is 3. The Labute approximate surface area is 114 Å². The van der Waals surface area contributed by atoms with Crippen LogP contribution in [0.4, 0.5) is 0 Å². The summed E-state index contributed by atoms with van der Waals surface area (Å²) in [5.41, 5.74) is 2.16. The number of hydrogen-bond donors (Lipinski definition) is 0. The Kier molecular flexibility index (Phi) is 4.10. The van der Waals surface area contributed by atoms with Crippen LogP contribution in [0.15, 0.2) is 48.8 Å². The van der Waals surface area contributed by atoms with Gasteiger partial charge in [0.25, 0.3) is 0 Å². The predicted molar refractivity (Wildman–Crippen MR) is 75.5 cm³/mol. The zero-order valence-electron chi connectivity index (χ0n) is 9.18. The van der Waals surface area contributed by atoms with Gasteiger partial charge in [-0.25, -0.2) is 0 Å². The first-order chi connectivity index (χ1) is 8.29. The van der Waals surface area contributed by atoms with E-state index in [2.05, 4.69) is 33.6 Å². The summed E-state index contributed by atoms with van der Waals surface area (Å²) in [7, 11) is 0. The van der Waals surface area contributed by atoms with Gasteiger partial charge in [0.15, 0.2) is 0 Å². The molecule has 1 unspecified atom stereocenters. The van der Waals surface area contributed by atoms with Crippen molar-refractivity contribution in [1.82, 2.24) is 4.98 Å². The summed E-state index contributed by atoms with van der Waals surface area (Å²) in [6, 6.07) is 14.4. The first-order valence-corrected chi connectivity index (χ1v) is 6.41. The van der Waals surface area contributed by atoms with Gasteiger partial charge in [0.2, 0.25) is 0 Å². The highest BCUT2D eigenvalue weighted by Gasteiger charge is 2.11. The third-order valence-electron chi connectivity index (χ3n) is 2.59. The minimum atomic E-state index is -0.101. The maximum absolute atomic E-state index is 9.24. The van der Waals surface area contributed by atoms with E-state index in [0.717, 1.165) is 11.1 Å². The highest BCUT2D eigenvalue weighted by molar-refractivity contribution is 14.1. The quantitative estimate of drug-likeness (QED) is 0.805. The van der Waals surface area contributed by atoms with E-state index >= 15 is 0 Å². The van der Waals surface area contributed by atoms with Gasteiger partial charge in [-0.05, 0) is 58.3 Å². The van der Waals surface area contributed by atoms with Crippen molar-refractivity contribution >= 4 is 22.6 Å². The second-order valence-corrected chi connectivity index (χ2v) is 5.04. The van der Waals surface area contributed by atoms with E-state index in [1.807, 2.05) is 42.6 Å². The Morgan fingerprint density at radius 1 is 1.24 bits per heavy atom. The Morgan fingerprint density at radius 3 is 2.59 bits per heavy atom. The number of benzene rings is 1. The molecule has 2 nitrogen and oxygen atoms in total. The van der Waals surface area contributed by atoms with E-state index in [1.54, 1.807) is 6.20 Å². The zero-order chi connectivity index (χ0) is 12.1. The van der Waals surface area contributed by atoms with Crippen molar-refractivity contribution in [3.8, 4) is 6.07 Å². The summed E-state index contributed by atoms with van der Waals surface area (Å²) in [6.07, 6.45) is 4.28. The van der Waals surface area contributed by atoms with Crippen LogP contribution in [0.5, 0.6) is 0 Å². The van der Waals surface area contributed by atoms with Crippen LogP contribution < -0.4 is 0 Å². The van der Waals surface area contributed by atoms with Crippen molar-refractivity contribution in [1.29, 1.82) is 5.26 Å². The summed E-state index contributed by atoms with van der Waals surface area (Å²) in [5.74, 6) is -0.101. The summed E-state index contributed by atoms with van der Waals surface area (Å²) in [6.45, 7) is 0. The van der Waals surface area contributed by atoms with Crippen molar-refractivity contribution in [2.75, 3.05) is 0 Å². The smallest absolute Gasteiger partial charge is 0.0753 e. The minimum Gasteiger partial charge on any atom is -0.264 e. The SMILES string of the molecule is N#CC(Cc1cccnc1)c1ccc(I)cc1. The third-order valence-corrected chi connectivity index (χ3v) is 3.31. The molecule has 1 heterocycles. The van der Waals surface area contributed by atoms with Crippen LogP contribution in [0, 0.1) is 14.9 Å². The predicted octanol–water partition coefficient (Wildman–Crippen LogP) is 3.54.